The molecule has 1 aromatic heterocycles. The van der Waals surface area contributed by atoms with Gasteiger partial charge in [-0.2, -0.15) is 4.80 Å². The van der Waals surface area contributed by atoms with Crippen LogP contribution in [0.2, 0.25) is 0 Å². The zero-order valence-corrected chi connectivity index (χ0v) is 21.3. The Labute approximate surface area is 210 Å². The Kier molecular flexibility index (Phi) is 7.12. The van der Waals surface area contributed by atoms with Crippen LogP contribution in [0.5, 0.6) is 5.75 Å². The van der Waals surface area contributed by atoms with E-state index >= 15 is 0 Å². The Balaban J connectivity index is 1.46. The lowest BCUT2D eigenvalue weighted by molar-refractivity contribution is 0.0977. The molecular weight excluding hydrogens is 458 g/mol. The van der Waals surface area contributed by atoms with Gasteiger partial charge in [-0.1, -0.05) is 26.0 Å². The van der Waals surface area contributed by atoms with Crippen LogP contribution in [0.4, 0.5) is 5.69 Å². The second kappa shape index (κ2) is 10.2. The van der Waals surface area contributed by atoms with Crippen LogP contribution in [0.3, 0.4) is 0 Å². The standard InChI is InChI=1S/C27H29N5O2S/c1-16(2)19-6-10-21(11-7-19)32-30-24-14-18(5)23(15-25(24)31-32)28-27(35)29-26(33)20-8-12-22(13-9-20)34-17(3)4/h6-17H,1-5H3,(H2,28,29,33,35). The lowest BCUT2D eigenvalue weighted by Gasteiger charge is -2.12. The van der Waals surface area contributed by atoms with E-state index in [0.29, 0.717) is 17.2 Å². The van der Waals surface area contributed by atoms with Crippen molar-refractivity contribution in [3.63, 3.8) is 0 Å². The van der Waals surface area contributed by atoms with Crippen molar-refractivity contribution < 1.29 is 9.53 Å². The van der Waals surface area contributed by atoms with Gasteiger partial charge < -0.3 is 10.1 Å². The van der Waals surface area contributed by atoms with Gasteiger partial charge in [0.05, 0.1) is 11.8 Å². The number of thiocarbonyl (C=S) groups is 1. The summed E-state index contributed by atoms with van der Waals surface area (Å²) in [6.45, 7) is 10.2. The van der Waals surface area contributed by atoms with Crippen molar-refractivity contribution in [3.8, 4) is 11.4 Å². The van der Waals surface area contributed by atoms with E-state index in [9.17, 15) is 4.79 Å². The first-order chi connectivity index (χ1) is 16.7. The fourth-order valence-electron chi connectivity index (χ4n) is 3.60. The predicted molar refractivity (Wildman–Crippen MR) is 144 cm³/mol. The maximum Gasteiger partial charge on any atom is 0.257 e. The number of anilines is 1. The van der Waals surface area contributed by atoms with E-state index in [0.717, 1.165) is 28.0 Å². The number of nitrogens with zero attached hydrogens (tertiary/aromatic N) is 3. The molecular formula is C27H29N5O2S. The molecule has 0 unspecified atom stereocenters. The second-order valence-electron chi connectivity index (χ2n) is 8.99. The normalized spacial score (nSPS) is 11.2. The van der Waals surface area contributed by atoms with Gasteiger partial charge in [-0.3, -0.25) is 10.1 Å². The summed E-state index contributed by atoms with van der Waals surface area (Å²) < 4.78 is 5.62. The SMILES string of the molecule is Cc1cc2nn(-c3ccc(C(C)C)cc3)nc2cc1NC(=S)NC(=O)c1ccc(OC(C)C)cc1. The lowest BCUT2D eigenvalue weighted by Crippen LogP contribution is -2.34. The van der Waals surface area contributed by atoms with Crippen LogP contribution < -0.4 is 15.4 Å². The molecule has 2 N–H and O–H groups in total. The molecule has 1 amide bonds. The number of hydrogen-bond acceptors (Lipinski definition) is 5. The van der Waals surface area contributed by atoms with E-state index in [-0.39, 0.29) is 17.1 Å². The molecule has 0 fully saturated rings. The third-order valence-electron chi connectivity index (χ3n) is 5.48. The number of hydrogen-bond donors (Lipinski definition) is 2. The van der Waals surface area contributed by atoms with E-state index in [1.54, 1.807) is 29.1 Å². The van der Waals surface area contributed by atoms with Gasteiger partial charge in [0.1, 0.15) is 16.8 Å². The minimum absolute atomic E-state index is 0.0686. The number of aryl methyl sites for hydroxylation is 1. The molecule has 0 saturated heterocycles. The van der Waals surface area contributed by atoms with Crippen LogP contribution >= 0.6 is 12.2 Å². The maximum atomic E-state index is 12.6. The van der Waals surface area contributed by atoms with Gasteiger partial charge in [-0.15, -0.1) is 10.2 Å². The van der Waals surface area contributed by atoms with Crippen LogP contribution in [0.25, 0.3) is 16.7 Å². The number of amides is 1. The average molecular weight is 488 g/mol. The topological polar surface area (TPSA) is 81.1 Å². The van der Waals surface area contributed by atoms with Crippen molar-refractivity contribution in [2.45, 2.75) is 46.6 Å². The van der Waals surface area contributed by atoms with E-state index in [2.05, 4.69) is 46.8 Å². The Bertz CT molecular complexity index is 1360. The van der Waals surface area contributed by atoms with Gasteiger partial charge in [-0.25, -0.2) is 0 Å². The van der Waals surface area contributed by atoms with Gasteiger partial charge in [0.2, 0.25) is 0 Å². The van der Waals surface area contributed by atoms with Crippen molar-refractivity contribution in [1.29, 1.82) is 0 Å². The number of ether oxygens (including phenoxy) is 1. The van der Waals surface area contributed by atoms with Gasteiger partial charge in [-0.05, 0) is 98.6 Å². The highest BCUT2D eigenvalue weighted by molar-refractivity contribution is 7.80. The smallest absolute Gasteiger partial charge is 0.257 e. The molecule has 0 aliphatic rings. The molecule has 4 aromatic rings. The number of fused-ring (bicyclic) bond motifs is 1. The highest BCUT2D eigenvalue weighted by Crippen LogP contribution is 2.23. The zero-order valence-electron chi connectivity index (χ0n) is 20.5. The molecule has 35 heavy (non-hydrogen) atoms. The largest absolute Gasteiger partial charge is 0.491 e. The zero-order chi connectivity index (χ0) is 25.1. The summed E-state index contributed by atoms with van der Waals surface area (Å²) in [6, 6.07) is 19.0. The minimum Gasteiger partial charge on any atom is -0.491 e. The van der Waals surface area contributed by atoms with Crippen molar-refractivity contribution >= 4 is 40.0 Å². The first-order valence-electron chi connectivity index (χ1n) is 11.6. The van der Waals surface area contributed by atoms with Crippen molar-refractivity contribution in [1.82, 2.24) is 20.3 Å². The van der Waals surface area contributed by atoms with Crippen molar-refractivity contribution in [2.75, 3.05) is 5.32 Å². The molecule has 0 atom stereocenters. The summed E-state index contributed by atoms with van der Waals surface area (Å²) in [7, 11) is 0. The molecule has 4 rings (SSSR count). The Hall–Kier alpha value is -3.78. The van der Waals surface area contributed by atoms with Gasteiger partial charge in [0, 0.05) is 11.3 Å². The molecule has 8 heteroatoms. The highest BCUT2D eigenvalue weighted by atomic mass is 32.1. The molecule has 180 valence electrons. The van der Waals surface area contributed by atoms with Crippen molar-refractivity contribution in [2.24, 2.45) is 0 Å². The number of nitrogens with one attached hydrogen (secondary N) is 2. The fraction of sp³-hybridized carbons (Fsp3) is 0.259. The first-order valence-corrected chi connectivity index (χ1v) is 12.0. The number of rotatable bonds is 6. The van der Waals surface area contributed by atoms with Gasteiger partial charge >= 0.3 is 0 Å². The van der Waals surface area contributed by atoms with Crippen LogP contribution in [0.15, 0.2) is 60.7 Å². The monoisotopic (exact) mass is 487 g/mol. The molecule has 0 spiro atoms. The molecule has 3 aromatic carbocycles. The van der Waals surface area contributed by atoms with Crippen LogP contribution in [0, 0.1) is 6.92 Å². The maximum absolute atomic E-state index is 12.6. The molecule has 0 aliphatic heterocycles. The molecule has 1 heterocycles. The number of benzene rings is 3. The lowest BCUT2D eigenvalue weighted by atomic mass is 10.0. The third-order valence-corrected chi connectivity index (χ3v) is 5.68. The van der Waals surface area contributed by atoms with Crippen LogP contribution in [-0.2, 0) is 0 Å². The molecule has 0 saturated carbocycles. The van der Waals surface area contributed by atoms with Gasteiger partial charge in [0.25, 0.3) is 5.91 Å². The summed E-state index contributed by atoms with van der Waals surface area (Å²) >= 11 is 5.38. The molecule has 0 bridgehead atoms. The highest BCUT2D eigenvalue weighted by Gasteiger charge is 2.12. The first kappa shape index (κ1) is 24.3. The Morgan fingerprint density at radius 2 is 1.57 bits per heavy atom. The van der Waals surface area contributed by atoms with E-state index < -0.39 is 0 Å². The summed E-state index contributed by atoms with van der Waals surface area (Å²) in [5.41, 5.74) is 5.84. The Morgan fingerprint density at radius 1 is 0.943 bits per heavy atom. The van der Waals surface area contributed by atoms with E-state index in [1.807, 2.05) is 45.0 Å². The molecule has 7 nitrogen and oxygen atoms in total. The van der Waals surface area contributed by atoms with Gasteiger partial charge in [0.15, 0.2) is 5.11 Å². The van der Waals surface area contributed by atoms with Crippen molar-refractivity contribution in [3.05, 3.63) is 77.4 Å². The quantitative estimate of drug-likeness (QED) is 0.336. The predicted octanol–water partition coefficient (Wildman–Crippen LogP) is 5.77. The summed E-state index contributed by atoms with van der Waals surface area (Å²) in [4.78, 5) is 14.2. The van der Waals surface area contributed by atoms with E-state index in [4.69, 9.17) is 17.0 Å². The van der Waals surface area contributed by atoms with E-state index in [1.165, 1.54) is 5.56 Å². The number of aromatic nitrogens is 3. The van der Waals surface area contributed by atoms with Crippen LogP contribution in [-0.4, -0.2) is 32.1 Å². The summed E-state index contributed by atoms with van der Waals surface area (Å²) in [6.07, 6.45) is 0.0686. The molecule has 0 radical (unpaired) electrons. The average Bonchev–Trinajstić information content (AvgIpc) is 3.22. The number of carbonyl (C=O) groups excluding carboxylic acids is 1. The van der Waals surface area contributed by atoms with Crippen LogP contribution in [0.1, 0.15) is 55.1 Å². The third kappa shape index (κ3) is 5.84. The fourth-order valence-corrected chi connectivity index (χ4v) is 3.80. The Morgan fingerprint density at radius 3 is 2.17 bits per heavy atom. The summed E-state index contributed by atoms with van der Waals surface area (Å²) in [5.74, 6) is 0.880. The molecule has 0 aliphatic carbocycles. The minimum atomic E-state index is -0.298. The number of carbonyl (C=O) groups is 1. The second-order valence-corrected chi connectivity index (χ2v) is 9.40. The summed E-state index contributed by atoms with van der Waals surface area (Å²) in [5, 5.41) is 15.3.